The molecule has 1 aromatic carbocycles. The third-order valence-electron chi connectivity index (χ3n) is 3.00. The number of carbonyl (C=O) groups excluding carboxylic acids is 1. The van der Waals surface area contributed by atoms with E-state index in [2.05, 4.69) is 10.1 Å². The van der Waals surface area contributed by atoms with E-state index in [1.165, 1.54) is 23.0 Å². The Morgan fingerprint density at radius 2 is 1.90 bits per heavy atom. The number of carboxylic acid groups (broad SMARTS) is 1. The van der Waals surface area contributed by atoms with Crippen LogP contribution in [0.15, 0.2) is 42.6 Å². The van der Waals surface area contributed by atoms with Crippen LogP contribution in [0, 0.1) is 0 Å². The fourth-order valence-corrected chi connectivity index (χ4v) is 2.04. The molecule has 0 fully saturated rings. The Morgan fingerprint density at radius 1 is 1.14 bits per heavy atom. The molecule has 2 aromatic heterocycles. The third-order valence-corrected chi connectivity index (χ3v) is 3.00. The van der Waals surface area contributed by atoms with Gasteiger partial charge in [0.25, 0.3) is 5.91 Å². The lowest BCUT2D eigenvalue weighted by atomic mass is 10.1. The van der Waals surface area contributed by atoms with Crippen molar-refractivity contribution in [2.24, 2.45) is 5.73 Å². The Hall–Kier alpha value is -3.22. The lowest BCUT2D eigenvalue weighted by Gasteiger charge is -2.07. The van der Waals surface area contributed by atoms with Crippen LogP contribution >= 0.6 is 0 Å². The van der Waals surface area contributed by atoms with Crippen LogP contribution in [0.5, 0.6) is 0 Å². The van der Waals surface area contributed by atoms with E-state index in [-0.39, 0.29) is 11.4 Å². The Balaban J connectivity index is 2.28. The highest BCUT2D eigenvalue weighted by Gasteiger charge is 2.14. The maximum atomic E-state index is 11.2. The molecule has 0 bridgehead atoms. The number of fused-ring (bicyclic) bond motifs is 1. The average Bonchev–Trinajstić information content (AvgIpc) is 2.96. The van der Waals surface area contributed by atoms with E-state index >= 15 is 0 Å². The molecule has 0 spiro atoms. The van der Waals surface area contributed by atoms with Crippen molar-refractivity contribution in [3.63, 3.8) is 0 Å². The summed E-state index contributed by atoms with van der Waals surface area (Å²) in [6, 6.07) is 10.1. The number of nitrogens with two attached hydrogens (primary N) is 1. The SMILES string of the molecule is NC(=O)c1ccn(-c2nc(C(=O)O)cc3ccccc23)n1. The summed E-state index contributed by atoms with van der Waals surface area (Å²) in [7, 11) is 0. The van der Waals surface area contributed by atoms with E-state index in [9.17, 15) is 9.59 Å². The van der Waals surface area contributed by atoms with Crippen LogP contribution in [-0.4, -0.2) is 31.7 Å². The van der Waals surface area contributed by atoms with Crippen molar-refractivity contribution in [3.05, 3.63) is 54.0 Å². The Kier molecular flexibility index (Phi) is 2.87. The van der Waals surface area contributed by atoms with Crippen molar-refractivity contribution < 1.29 is 14.7 Å². The zero-order valence-electron chi connectivity index (χ0n) is 10.7. The molecule has 0 aliphatic carbocycles. The number of carbonyl (C=O) groups is 2. The Labute approximate surface area is 118 Å². The van der Waals surface area contributed by atoms with E-state index in [0.29, 0.717) is 5.82 Å². The summed E-state index contributed by atoms with van der Waals surface area (Å²) in [4.78, 5) is 26.4. The fourth-order valence-electron chi connectivity index (χ4n) is 2.04. The van der Waals surface area contributed by atoms with Gasteiger partial charge in [0.1, 0.15) is 5.69 Å². The predicted molar refractivity (Wildman–Crippen MR) is 74.3 cm³/mol. The largest absolute Gasteiger partial charge is 0.477 e. The zero-order chi connectivity index (χ0) is 15.0. The minimum atomic E-state index is -1.13. The van der Waals surface area contributed by atoms with Gasteiger partial charge in [0.2, 0.25) is 0 Å². The van der Waals surface area contributed by atoms with E-state index in [0.717, 1.165) is 10.8 Å². The van der Waals surface area contributed by atoms with Crippen molar-refractivity contribution >= 4 is 22.6 Å². The summed E-state index contributed by atoms with van der Waals surface area (Å²) >= 11 is 0. The Bertz CT molecular complexity index is 870. The number of aromatic carboxylic acids is 1. The van der Waals surface area contributed by atoms with E-state index in [4.69, 9.17) is 10.8 Å². The van der Waals surface area contributed by atoms with Gasteiger partial charge in [-0.25, -0.2) is 14.5 Å². The smallest absolute Gasteiger partial charge is 0.354 e. The predicted octanol–water partition coefficient (Wildman–Crippen LogP) is 1.22. The molecule has 3 rings (SSSR count). The van der Waals surface area contributed by atoms with Gasteiger partial charge in [0.15, 0.2) is 11.5 Å². The molecular weight excluding hydrogens is 272 g/mol. The lowest BCUT2D eigenvalue weighted by molar-refractivity contribution is 0.0690. The van der Waals surface area contributed by atoms with Crippen LogP contribution in [-0.2, 0) is 0 Å². The molecule has 0 saturated heterocycles. The quantitative estimate of drug-likeness (QED) is 0.750. The number of carboxylic acids is 1. The minimum absolute atomic E-state index is 0.0848. The summed E-state index contributed by atoms with van der Waals surface area (Å²) in [5.41, 5.74) is 5.15. The molecule has 7 nitrogen and oxygen atoms in total. The number of hydrogen-bond acceptors (Lipinski definition) is 4. The van der Waals surface area contributed by atoms with Gasteiger partial charge in [0, 0.05) is 11.6 Å². The second kappa shape index (κ2) is 4.71. The first-order valence-corrected chi connectivity index (χ1v) is 6.05. The van der Waals surface area contributed by atoms with Crippen molar-refractivity contribution in [1.82, 2.24) is 14.8 Å². The maximum absolute atomic E-state index is 11.2. The first kappa shape index (κ1) is 12.8. The van der Waals surface area contributed by atoms with Crippen molar-refractivity contribution in [2.45, 2.75) is 0 Å². The standard InChI is InChI=1S/C14H10N4O3/c15-12(19)10-5-6-18(17-10)13-9-4-2-1-3-8(9)7-11(16-13)14(20)21/h1-7H,(H2,15,19)(H,20,21). The van der Waals surface area contributed by atoms with Gasteiger partial charge in [-0.2, -0.15) is 5.10 Å². The number of hydrogen-bond donors (Lipinski definition) is 2. The van der Waals surface area contributed by atoms with Crippen molar-refractivity contribution in [2.75, 3.05) is 0 Å². The fraction of sp³-hybridized carbons (Fsp3) is 0. The topological polar surface area (TPSA) is 111 Å². The number of primary amides is 1. The molecule has 0 saturated carbocycles. The first-order valence-electron chi connectivity index (χ1n) is 6.05. The highest BCUT2D eigenvalue weighted by atomic mass is 16.4. The number of aromatic nitrogens is 3. The summed E-state index contributed by atoms with van der Waals surface area (Å²) < 4.78 is 1.34. The molecule has 0 unspecified atom stereocenters. The number of pyridine rings is 1. The molecule has 3 N–H and O–H groups in total. The minimum Gasteiger partial charge on any atom is -0.477 e. The molecule has 0 aliphatic heterocycles. The highest BCUT2D eigenvalue weighted by Crippen LogP contribution is 2.21. The molecule has 0 radical (unpaired) electrons. The monoisotopic (exact) mass is 282 g/mol. The van der Waals surface area contributed by atoms with E-state index < -0.39 is 11.9 Å². The van der Waals surface area contributed by atoms with Gasteiger partial charge < -0.3 is 10.8 Å². The van der Waals surface area contributed by atoms with Gasteiger partial charge >= 0.3 is 5.97 Å². The molecule has 1 amide bonds. The summed E-state index contributed by atoms with van der Waals surface area (Å²) in [5, 5.41) is 14.6. The van der Waals surface area contributed by atoms with Crippen LogP contribution in [0.2, 0.25) is 0 Å². The van der Waals surface area contributed by atoms with Gasteiger partial charge in [-0.1, -0.05) is 24.3 Å². The molecule has 2 heterocycles. The summed E-state index contributed by atoms with van der Waals surface area (Å²) in [6.07, 6.45) is 1.51. The number of benzene rings is 1. The van der Waals surface area contributed by atoms with Crippen molar-refractivity contribution in [3.8, 4) is 5.82 Å². The molecule has 104 valence electrons. The average molecular weight is 282 g/mol. The van der Waals surface area contributed by atoms with Gasteiger partial charge in [-0.05, 0) is 17.5 Å². The Morgan fingerprint density at radius 3 is 2.57 bits per heavy atom. The number of nitrogens with zero attached hydrogens (tertiary/aromatic N) is 3. The lowest BCUT2D eigenvalue weighted by Crippen LogP contribution is -2.13. The molecule has 7 heteroatoms. The molecule has 21 heavy (non-hydrogen) atoms. The van der Waals surface area contributed by atoms with Gasteiger partial charge in [0.05, 0.1) is 0 Å². The highest BCUT2D eigenvalue weighted by molar-refractivity contribution is 5.95. The second-order valence-electron chi connectivity index (χ2n) is 4.37. The third kappa shape index (κ3) is 2.20. The number of rotatable bonds is 3. The van der Waals surface area contributed by atoms with E-state index in [1.54, 1.807) is 18.2 Å². The second-order valence-corrected chi connectivity index (χ2v) is 4.37. The van der Waals surface area contributed by atoms with Crippen molar-refractivity contribution in [1.29, 1.82) is 0 Å². The van der Waals surface area contributed by atoms with Crippen LogP contribution < -0.4 is 5.73 Å². The first-order chi connectivity index (χ1) is 10.1. The molecule has 0 atom stereocenters. The summed E-state index contributed by atoms with van der Waals surface area (Å²) in [5.74, 6) is -1.46. The zero-order valence-corrected chi connectivity index (χ0v) is 10.7. The molecule has 3 aromatic rings. The number of amides is 1. The molecular formula is C14H10N4O3. The molecule has 0 aliphatic rings. The van der Waals surface area contributed by atoms with E-state index in [1.807, 2.05) is 6.07 Å². The summed E-state index contributed by atoms with van der Waals surface area (Å²) in [6.45, 7) is 0. The van der Waals surface area contributed by atoms with Gasteiger partial charge in [-0.3, -0.25) is 4.79 Å². The van der Waals surface area contributed by atoms with Gasteiger partial charge in [-0.15, -0.1) is 0 Å². The normalized spacial score (nSPS) is 10.7. The van der Waals surface area contributed by atoms with Crippen LogP contribution in [0.1, 0.15) is 21.0 Å². The van der Waals surface area contributed by atoms with Crippen LogP contribution in [0.4, 0.5) is 0 Å². The van der Waals surface area contributed by atoms with Crippen LogP contribution in [0.25, 0.3) is 16.6 Å². The van der Waals surface area contributed by atoms with Crippen LogP contribution in [0.3, 0.4) is 0 Å². The maximum Gasteiger partial charge on any atom is 0.354 e.